The van der Waals surface area contributed by atoms with Crippen molar-refractivity contribution in [1.82, 2.24) is 14.5 Å². The smallest absolute Gasteiger partial charge is 0.282 e. The molecule has 0 spiro atoms. The number of aromatic nitrogens is 4. The molecule has 4 unspecified atom stereocenters. The van der Waals surface area contributed by atoms with Crippen LogP contribution < -0.4 is 20.7 Å². The fourth-order valence-electron chi connectivity index (χ4n) is 12.7. The van der Waals surface area contributed by atoms with Gasteiger partial charge in [-0.15, -0.1) is 0 Å². The standard InChI is InChI=1S/C56H56N8O5S4.V/c65-70(33-17-5-1-6-18-33)41-29-14-26-38-45(41)51-57-49-37-25-13-30-42(71(66)34-19-7-2-8-20-34)46(37)52(58-49)61-53-39-27-15-32-44(73(68)36-23-11-4-12-24-36)48(39)56-62-54-40-28-16-31-43(72(67)35-21-9-3-10-22-35)47(40)55(60-50(38)59-51)64(54)69-63(53)56;/h13-16,25-36H,1-12,17-24H2;. The van der Waals surface area contributed by atoms with E-state index in [0.29, 0.717) is 109 Å². The number of aliphatic imine (C=N–C) groups is 2. The molecule has 4 fully saturated rings. The van der Waals surface area contributed by atoms with Crippen LogP contribution in [0.4, 0.5) is 11.6 Å². The maximum atomic E-state index is 15.0. The van der Waals surface area contributed by atoms with Crippen LogP contribution in [-0.4, -0.2) is 59.1 Å². The fraction of sp³-hybridized carbons (Fsp3) is 0.429. The van der Waals surface area contributed by atoms with Crippen LogP contribution in [0.3, 0.4) is 0 Å². The first-order valence-corrected chi connectivity index (χ1v) is 31.5. The van der Waals surface area contributed by atoms with Crippen molar-refractivity contribution < 1.29 is 44.8 Å². The van der Waals surface area contributed by atoms with Crippen LogP contribution in [0.25, 0.3) is 43.8 Å². The molecule has 6 bridgehead atoms. The monoisotopic (exact) mass is 1100 g/mol. The molecule has 0 N–H and O–H groups in total. The van der Waals surface area contributed by atoms with Gasteiger partial charge in [-0.1, -0.05) is 129 Å². The van der Waals surface area contributed by atoms with Crippen molar-refractivity contribution in [3.8, 4) is 5.82 Å². The van der Waals surface area contributed by atoms with Crippen molar-refractivity contribution in [3.05, 3.63) is 94.9 Å². The van der Waals surface area contributed by atoms with Crippen molar-refractivity contribution in [2.45, 2.75) is 169 Å². The van der Waals surface area contributed by atoms with Crippen molar-refractivity contribution in [1.29, 1.82) is 0 Å². The van der Waals surface area contributed by atoms with Gasteiger partial charge in [0.2, 0.25) is 5.82 Å². The topological polar surface area (TPSA) is 166 Å². The minimum Gasteiger partial charge on any atom is -0.357 e. The molecule has 4 atom stereocenters. The third-order valence-corrected chi connectivity index (χ3v) is 23.9. The van der Waals surface area contributed by atoms with Gasteiger partial charge in [0.15, 0.2) is 11.7 Å². The normalized spacial score (nSPS) is 20.8. The number of amidine groups is 2. The zero-order chi connectivity index (χ0) is 48.9. The largest absolute Gasteiger partial charge is 0.357 e. The number of nitrogens with zero attached hydrogens (tertiary/aromatic N) is 8. The molecule has 8 aliphatic rings. The second-order valence-corrected chi connectivity index (χ2v) is 27.7. The number of fused-ring (bicyclic) bond motifs is 15. The van der Waals surface area contributed by atoms with E-state index in [0.717, 1.165) is 128 Å². The summed E-state index contributed by atoms with van der Waals surface area (Å²) < 4.78 is 70.2. The Balaban J connectivity index is 0.00000528. The van der Waals surface area contributed by atoms with Crippen LogP contribution in [0.1, 0.15) is 140 Å². The Hall–Kier alpha value is -4.78. The molecule has 379 valence electrons. The van der Waals surface area contributed by atoms with Crippen molar-refractivity contribution in [3.63, 3.8) is 0 Å². The first-order valence-electron chi connectivity index (χ1n) is 26.6. The van der Waals surface area contributed by atoms with Crippen LogP contribution in [0.5, 0.6) is 0 Å². The van der Waals surface area contributed by atoms with Crippen LogP contribution in [-0.2, 0) is 61.8 Å². The van der Waals surface area contributed by atoms with E-state index in [4.69, 9.17) is 34.6 Å². The molecule has 0 saturated heterocycles. The van der Waals surface area contributed by atoms with Gasteiger partial charge in [0.05, 0.1) is 75.0 Å². The van der Waals surface area contributed by atoms with E-state index in [1.54, 1.807) is 9.31 Å². The van der Waals surface area contributed by atoms with E-state index >= 15 is 4.21 Å². The molecule has 2 aromatic heterocycles. The summed E-state index contributed by atoms with van der Waals surface area (Å²) in [6.07, 6.45) is 19.8. The summed E-state index contributed by atoms with van der Waals surface area (Å²) >= 11 is 0. The predicted octanol–water partition coefficient (Wildman–Crippen LogP) is 10.2. The summed E-state index contributed by atoms with van der Waals surface area (Å²) in [5.74, 6) is 1.83. The summed E-state index contributed by atoms with van der Waals surface area (Å²) in [6, 6.07) is 23.4. The third-order valence-electron chi connectivity index (χ3n) is 16.5. The Morgan fingerprint density at radius 3 is 1.55 bits per heavy atom. The minimum absolute atomic E-state index is 0. The van der Waals surface area contributed by atoms with Gasteiger partial charge in [0.25, 0.3) is 11.5 Å². The molecular formula is C56H56N8O5S4V. The van der Waals surface area contributed by atoms with Gasteiger partial charge in [-0.2, -0.15) is 9.62 Å². The molecule has 6 heterocycles. The van der Waals surface area contributed by atoms with Gasteiger partial charge in [-0.25, -0.2) is 4.99 Å². The Morgan fingerprint density at radius 1 is 0.486 bits per heavy atom. The maximum Gasteiger partial charge on any atom is 0.282 e. The number of hydrogen-bond donors (Lipinski definition) is 0. The fourth-order valence-corrected chi connectivity index (χ4v) is 19.7. The maximum absolute atomic E-state index is 15.0. The van der Waals surface area contributed by atoms with Gasteiger partial charge in [0.1, 0.15) is 0 Å². The van der Waals surface area contributed by atoms with Gasteiger partial charge in [-0.05, 0) is 91.7 Å². The molecule has 1 radical (unpaired) electrons. The van der Waals surface area contributed by atoms with E-state index in [2.05, 4.69) is 0 Å². The predicted molar refractivity (Wildman–Crippen MR) is 287 cm³/mol. The van der Waals surface area contributed by atoms with Crippen molar-refractivity contribution in [2.24, 2.45) is 20.0 Å². The molecule has 4 aromatic carbocycles. The Kier molecular flexibility index (Phi) is 13.2. The SMILES string of the molecule is O=S(c1cccc2c1C1=NC2=Nc2c3c(S(=O)C4CCCCC4)cccc3c3nc4c5c(S(=O)C6CCCCC6)cccc5c([n+]-4on23)N=c2[n-]c(c3cccc(S(=O)C4CCCCC4)c23)=N1)C1CCCCC1.[V]. The number of hydrogen-bond acceptors (Lipinski definition) is 10. The van der Waals surface area contributed by atoms with Crippen LogP contribution in [0, 0.1) is 0 Å². The second-order valence-electron chi connectivity index (χ2n) is 20.9. The first kappa shape index (κ1) is 48.8. The second kappa shape index (κ2) is 20.0. The molecule has 4 aliphatic heterocycles. The molecule has 4 aliphatic carbocycles. The van der Waals surface area contributed by atoms with E-state index < -0.39 is 43.2 Å². The van der Waals surface area contributed by atoms with Gasteiger partial charge in [0, 0.05) is 82.2 Å². The molecule has 6 aromatic rings. The Morgan fingerprint density at radius 2 is 0.973 bits per heavy atom. The Bertz CT molecular complexity index is 3860. The van der Waals surface area contributed by atoms with E-state index in [1.165, 1.54) is 0 Å². The van der Waals surface area contributed by atoms with Crippen molar-refractivity contribution >= 4 is 104 Å². The first-order chi connectivity index (χ1) is 35.9. The summed E-state index contributed by atoms with van der Waals surface area (Å²) in [5, 5.41) is 3.96. The third kappa shape index (κ3) is 8.06. The molecular weight excluding hydrogens is 1040 g/mol. The average molecular weight is 1100 g/mol. The molecule has 13 nitrogen and oxygen atoms in total. The molecule has 18 heteroatoms. The number of rotatable bonds is 8. The summed E-state index contributed by atoms with van der Waals surface area (Å²) in [7, 11) is -5.53. The van der Waals surface area contributed by atoms with E-state index in [1.807, 2.05) is 72.8 Å². The van der Waals surface area contributed by atoms with Crippen molar-refractivity contribution in [2.75, 3.05) is 0 Å². The van der Waals surface area contributed by atoms with Crippen LogP contribution in [0.2, 0.25) is 0 Å². The number of benzene rings is 4. The quantitative estimate of drug-likeness (QED) is 0.137. The van der Waals surface area contributed by atoms with Gasteiger partial charge in [-0.3, -0.25) is 16.8 Å². The summed E-state index contributed by atoms with van der Waals surface area (Å²) in [4.78, 5) is 35.0. The zero-order valence-corrected chi connectivity index (χ0v) is 45.7. The van der Waals surface area contributed by atoms with E-state index in [-0.39, 0.29) is 39.6 Å². The molecule has 74 heavy (non-hydrogen) atoms. The zero-order valence-electron chi connectivity index (χ0n) is 41.1. The van der Waals surface area contributed by atoms with Crippen LogP contribution in [0.15, 0.2) is 117 Å². The molecule has 4 saturated carbocycles. The summed E-state index contributed by atoms with van der Waals surface area (Å²) in [6.45, 7) is 0. The van der Waals surface area contributed by atoms with Gasteiger partial charge < -0.3 is 15.0 Å². The van der Waals surface area contributed by atoms with Gasteiger partial charge >= 0.3 is 0 Å². The average Bonchev–Trinajstić information content (AvgIpc) is 4.18. The van der Waals surface area contributed by atoms with E-state index in [9.17, 15) is 12.6 Å². The van der Waals surface area contributed by atoms with Crippen LogP contribution >= 0.6 is 0 Å². The Labute approximate surface area is 450 Å². The molecule has 0 amide bonds. The summed E-state index contributed by atoms with van der Waals surface area (Å²) in [5.41, 5.74) is 2.42. The molecule has 14 rings (SSSR count). The minimum atomic E-state index is -1.39.